The van der Waals surface area contributed by atoms with E-state index in [4.69, 9.17) is 4.74 Å². The second kappa shape index (κ2) is 5.05. The molecule has 21 heavy (non-hydrogen) atoms. The van der Waals surface area contributed by atoms with Crippen LogP contribution in [0.3, 0.4) is 0 Å². The van der Waals surface area contributed by atoms with E-state index in [1.165, 1.54) is 12.1 Å². The maximum Gasteiger partial charge on any atom is 0.258 e. The first-order chi connectivity index (χ1) is 10.1. The largest absolute Gasteiger partial charge is 0.497 e. The van der Waals surface area contributed by atoms with Crippen molar-refractivity contribution in [2.75, 3.05) is 7.11 Å². The average molecular weight is 283 g/mol. The predicted octanol–water partition coefficient (Wildman–Crippen LogP) is 3.35. The van der Waals surface area contributed by atoms with Crippen LogP contribution in [0.4, 0.5) is 4.39 Å². The molecule has 0 radical (unpaired) electrons. The van der Waals surface area contributed by atoms with Gasteiger partial charge in [0.1, 0.15) is 11.6 Å². The van der Waals surface area contributed by atoms with Crippen molar-refractivity contribution in [1.29, 1.82) is 0 Å². The summed E-state index contributed by atoms with van der Waals surface area (Å²) in [5.74, 6) is 0.350. The third-order valence-electron chi connectivity index (χ3n) is 3.59. The van der Waals surface area contributed by atoms with Crippen LogP contribution in [0.5, 0.6) is 5.75 Å². The molecule has 0 saturated heterocycles. The highest BCUT2D eigenvalue weighted by Gasteiger charge is 2.09. The molecule has 0 saturated carbocycles. The second-order valence-electron chi connectivity index (χ2n) is 4.85. The van der Waals surface area contributed by atoms with Gasteiger partial charge in [-0.15, -0.1) is 0 Å². The fraction of sp³-hybridized carbons (Fsp3) is 0.118. The molecule has 106 valence electrons. The van der Waals surface area contributed by atoms with Gasteiger partial charge >= 0.3 is 0 Å². The van der Waals surface area contributed by atoms with Gasteiger partial charge in [0.05, 0.1) is 18.2 Å². The van der Waals surface area contributed by atoms with Crippen LogP contribution in [0.2, 0.25) is 0 Å². The number of benzene rings is 2. The van der Waals surface area contributed by atoms with Crippen molar-refractivity contribution in [1.82, 2.24) is 4.57 Å². The average Bonchev–Trinajstić information content (AvgIpc) is 2.51. The number of fused-ring (bicyclic) bond motifs is 1. The summed E-state index contributed by atoms with van der Waals surface area (Å²) in [7, 11) is 3.28. The van der Waals surface area contributed by atoms with Gasteiger partial charge in [-0.25, -0.2) is 4.39 Å². The van der Waals surface area contributed by atoms with E-state index in [0.717, 1.165) is 16.6 Å². The van der Waals surface area contributed by atoms with Crippen LogP contribution in [0.1, 0.15) is 0 Å². The zero-order chi connectivity index (χ0) is 15.0. The molecule has 0 fully saturated rings. The smallest absolute Gasteiger partial charge is 0.258 e. The lowest BCUT2D eigenvalue weighted by Gasteiger charge is -2.11. The van der Waals surface area contributed by atoms with Crippen LogP contribution in [0, 0.1) is 5.82 Å². The Kier molecular flexibility index (Phi) is 3.22. The Bertz CT molecular complexity index is 866. The highest BCUT2D eigenvalue weighted by atomic mass is 19.1. The van der Waals surface area contributed by atoms with Gasteiger partial charge in [0.25, 0.3) is 5.56 Å². The molecular weight excluding hydrogens is 269 g/mol. The van der Waals surface area contributed by atoms with Gasteiger partial charge in [-0.3, -0.25) is 4.79 Å². The van der Waals surface area contributed by atoms with Crippen LogP contribution in [-0.2, 0) is 7.05 Å². The summed E-state index contributed by atoms with van der Waals surface area (Å²) in [5, 5.41) is 1.43. The van der Waals surface area contributed by atoms with E-state index in [1.807, 2.05) is 18.2 Å². The number of halogens is 1. The molecule has 0 bridgehead atoms. The van der Waals surface area contributed by atoms with Gasteiger partial charge in [0.15, 0.2) is 0 Å². The Morgan fingerprint density at radius 3 is 2.43 bits per heavy atom. The molecule has 0 aliphatic rings. The highest BCUT2D eigenvalue weighted by molar-refractivity contribution is 5.86. The molecule has 0 amide bonds. The van der Waals surface area contributed by atoms with Crippen molar-refractivity contribution in [2.24, 2.45) is 7.05 Å². The van der Waals surface area contributed by atoms with Gasteiger partial charge in [-0.2, -0.15) is 0 Å². The molecule has 0 unspecified atom stereocenters. The van der Waals surface area contributed by atoms with Crippen LogP contribution in [0.15, 0.2) is 53.3 Å². The van der Waals surface area contributed by atoms with E-state index in [9.17, 15) is 9.18 Å². The first-order valence-corrected chi connectivity index (χ1v) is 6.54. The van der Waals surface area contributed by atoms with Crippen molar-refractivity contribution in [3.63, 3.8) is 0 Å². The zero-order valence-corrected chi connectivity index (χ0v) is 11.8. The Morgan fingerprint density at radius 2 is 1.76 bits per heavy atom. The van der Waals surface area contributed by atoms with E-state index < -0.39 is 0 Å². The quantitative estimate of drug-likeness (QED) is 0.722. The van der Waals surface area contributed by atoms with E-state index in [2.05, 4.69) is 0 Å². The van der Waals surface area contributed by atoms with Crippen LogP contribution in [-0.4, -0.2) is 11.7 Å². The molecule has 0 atom stereocenters. The molecule has 0 spiro atoms. The van der Waals surface area contributed by atoms with E-state index >= 15 is 0 Å². The zero-order valence-electron chi connectivity index (χ0n) is 11.8. The fourth-order valence-electron chi connectivity index (χ4n) is 2.41. The maximum atomic E-state index is 13.0. The predicted molar refractivity (Wildman–Crippen MR) is 81.1 cm³/mol. The van der Waals surface area contributed by atoms with Crippen molar-refractivity contribution in [2.45, 2.75) is 0 Å². The highest BCUT2D eigenvalue weighted by Crippen LogP contribution is 2.24. The number of methoxy groups -OCH3 is 1. The first kappa shape index (κ1) is 13.4. The number of nitrogens with zero attached hydrogens (tertiary/aromatic N) is 1. The Balaban J connectivity index is 2.28. The number of hydrogen-bond acceptors (Lipinski definition) is 2. The number of pyridine rings is 1. The van der Waals surface area contributed by atoms with E-state index in [-0.39, 0.29) is 11.4 Å². The number of aromatic nitrogens is 1. The minimum atomic E-state index is -0.297. The second-order valence-corrected chi connectivity index (χ2v) is 4.85. The lowest BCUT2D eigenvalue weighted by molar-refractivity contribution is 0.415. The monoisotopic (exact) mass is 283 g/mol. The molecule has 2 aromatic carbocycles. The number of rotatable bonds is 2. The summed E-state index contributed by atoms with van der Waals surface area (Å²) < 4.78 is 19.8. The van der Waals surface area contributed by atoms with Gasteiger partial charge in [-0.05, 0) is 53.4 Å². The van der Waals surface area contributed by atoms with Crippen LogP contribution >= 0.6 is 0 Å². The molecule has 0 aliphatic carbocycles. The van der Waals surface area contributed by atoms with E-state index in [1.54, 1.807) is 36.9 Å². The summed E-state index contributed by atoms with van der Waals surface area (Å²) in [6.07, 6.45) is 0. The number of ether oxygens (including phenoxy) is 1. The minimum Gasteiger partial charge on any atom is -0.497 e. The summed E-state index contributed by atoms with van der Waals surface area (Å²) in [6.45, 7) is 0. The van der Waals surface area contributed by atoms with Gasteiger partial charge in [-0.1, -0.05) is 6.07 Å². The normalized spacial score (nSPS) is 10.8. The van der Waals surface area contributed by atoms with Crippen molar-refractivity contribution >= 4 is 10.8 Å². The molecule has 3 aromatic rings. The van der Waals surface area contributed by atoms with Crippen molar-refractivity contribution in [3.05, 3.63) is 64.7 Å². The molecule has 3 nitrogen and oxygen atoms in total. The summed E-state index contributed by atoms with van der Waals surface area (Å²) in [6, 6.07) is 13.4. The summed E-state index contributed by atoms with van der Waals surface area (Å²) in [5.41, 5.74) is 1.44. The fourth-order valence-corrected chi connectivity index (χ4v) is 2.41. The lowest BCUT2D eigenvalue weighted by Crippen LogP contribution is -2.18. The maximum absolute atomic E-state index is 13.0. The van der Waals surface area contributed by atoms with Crippen LogP contribution in [0.25, 0.3) is 22.0 Å². The Labute approximate surface area is 121 Å². The van der Waals surface area contributed by atoms with Crippen LogP contribution < -0.4 is 10.3 Å². The standard InChI is InChI=1S/C17H14FNO2/c1-19-16(11-3-6-13(18)7-4-11)9-12-5-8-14(21-2)10-15(12)17(19)20/h3-10H,1-2H3. The van der Waals surface area contributed by atoms with Crippen molar-refractivity contribution < 1.29 is 9.13 Å². The third-order valence-corrected chi connectivity index (χ3v) is 3.59. The summed E-state index contributed by atoms with van der Waals surface area (Å²) >= 11 is 0. The third kappa shape index (κ3) is 2.29. The van der Waals surface area contributed by atoms with Gasteiger partial charge in [0, 0.05) is 7.05 Å². The lowest BCUT2D eigenvalue weighted by atomic mass is 10.1. The molecule has 3 rings (SSSR count). The molecule has 4 heteroatoms. The van der Waals surface area contributed by atoms with E-state index in [0.29, 0.717) is 11.1 Å². The SMILES string of the molecule is COc1ccc2cc(-c3ccc(F)cc3)n(C)c(=O)c2c1. The molecule has 0 aliphatic heterocycles. The van der Waals surface area contributed by atoms with Gasteiger partial charge in [0.2, 0.25) is 0 Å². The van der Waals surface area contributed by atoms with Crippen molar-refractivity contribution in [3.8, 4) is 17.0 Å². The first-order valence-electron chi connectivity index (χ1n) is 6.54. The summed E-state index contributed by atoms with van der Waals surface area (Å²) in [4.78, 5) is 12.5. The molecule has 1 aromatic heterocycles. The Hall–Kier alpha value is -2.62. The minimum absolute atomic E-state index is 0.106. The topological polar surface area (TPSA) is 31.2 Å². The molecule has 1 heterocycles. The number of hydrogen-bond donors (Lipinski definition) is 0. The molecule has 0 N–H and O–H groups in total. The Morgan fingerprint density at radius 1 is 1.05 bits per heavy atom. The molecular formula is C17H14FNO2. The van der Waals surface area contributed by atoms with Gasteiger partial charge < -0.3 is 9.30 Å².